The van der Waals surface area contributed by atoms with Crippen LogP contribution in [0.4, 0.5) is 18.9 Å². The van der Waals surface area contributed by atoms with Crippen molar-refractivity contribution in [1.29, 1.82) is 0 Å². The number of aryl methyl sites for hydroxylation is 1. The monoisotopic (exact) mass is 333 g/mol. The molecule has 1 heterocycles. The summed E-state index contributed by atoms with van der Waals surface area (Å²) in [5.41, 5.74) is 1.10. The molecule has 0 fully saturated rings. The van der Waals surface area contributed by atoms with Crippen LogP contribution in [-0.2, 0) is 12.7 Å². The van der Waals surface area contributed by atoms with Gasteiger partial charge >= 0.3 is 6.18 Å². The van der Waals surface area contributed by atoms with Crippen LogP contribution in [0, 0.1) is 6.92 Å². The molecule has 0 saturated carbocycles. The van der Waals surface area contributed by atoms with Gasteiger partial charge in [-0.15, -0.1) is 10.2 Å². The Morgan fingerprint density at radius 3 is 2.42 bits per heavy atom. The highest BCUT2D eigenvalue weighted by molar-refractivity contribution is 5.54. The van der Waals surface area contributed by atoms with Crippen LogP contribution in [0.3, 0.4) is 0 Å². The summed E-state index contributed by atoms with van der Waals surface area (Å²) in [7, 11) is 0. The van der Waals surface area contributed by atoms with Crippen LogP contribution in [-0.4, -0.2) is 10.2 Å². The zero-order chi connectivity index (χ0) is 17.2. The Labute approximate surface area is 136 Å². The summed E-state index contributed by atoms with van der Waals surface area (Å²) in [4.78, 5) is 0. The standard InChI is InChI=1S/C17H14F3N3O/c1-11-6-8-12(9-7-11)16-23-22-15(24-16)10-21-14-5-3-2-4-13(14)17(18,19)20/h2-9,21H,10H2,1H3. The molecule has 0 atom stereocenters. The van der Waals surface area contributed by atoms with Crippen LogP contribution < -0.4 is 5.32 Å². The Hall–Kier alpha value is -2.83. The van der Waals surface area contributed by atoms with Crippen molar-refractivity contribution in [3.63, 3.8) is 0 Å². The van der Waals surface area contributed by atoms with Gasteiger partial charge in [-0.25, -0.2) is 0 Å². The van der Waals surface area contributed by atoms with Gasteiger partial charge in [-0.1, -0.05) is 29.8 Å². The lowest BCUT2D eigenvalue weighted by molar-refractivity contribution is -0.137. The van der Waals surface area contributed by atoms with E-state index < -0.39 is 11.7 Å². The van der Waals surface area contributed by atoms with Crippen LogP contribution >= 0.6 is 0 Å². The molecule has 4 nitrogen and oxygen atoms in total. The number of para-hydroxylation sites is 1. The molecule has 0 radical (unpaired) electrons. The number of anilines is 1. The molecule has 7 heteroatoms. The third kappa shape index (κ3) is 3.56. The van der Waals surface area contributed by atoms with Crippen LogP contribution in [0.2, 0.25) is 0 Å². The minimum atomic E-state index is -4.43. The molecule has 0 aliphatic carbocycles. The SMILES string of the molecule is Cc1ccc(-c2nnc(CNc3ccccc3C(F)(F)F)o2)cc1. The van der Waals surface area contributed by atoms with Crippen molar-refractivity contribution in [2.24, 2.45) is 0 Å². The number of nitrogens with one attached hydrogen (secondary N) is 1. The summed E-state index contributed by atoms with van der Waals surface area (Å²) < 4.78 is 44.3. The third-order valence-corrected chi connectivity index (χ3v) is 3.43. The maximum atomic E-state index is 12.9. The summed E-state index contributed by atoms with van der Waals surface area (Å²) in [6.07, 6.45) is -4.43. The minimum Gasteiger partial charge on any atom is -0.419 e. The first-order valence-corrected chi connectivity index (χ1v) is 7.23. The average Bonchev–Trinajstić information content (AvgIpc) is 3.02. The first kappa shape index (κ1) is 16.0. The van der Waals surface area contributed by atoms with Gasteiger partial charge in [0.2, 0.25) is 11.8 Å². The maximum absolute atomic E-state index is 12.9. The molecule has 2 aromatic carbocycles. The molecule has 3 aromatic rings. The van der Waals surface area contributed by atoms with E-state index in [-0.39, 0.29) is 18.1 Å². The third-order valence-electron chi connectivity index (χ3n) is 3.43. The highest BCUT2D eigenvalue weighted by Gasteiger charge is 2.33. The molecule has 0 aliphatic rings. The number of hydrogen-bond donors (Lipinski definition) is 1. The molecule has 0 amide bonds. The molecule has 0 bridgehead atoms. The Bertz CT molecular complexity index is 826. The molecule has 124 valence electrons. The summed E-state index contributed by atoms with van der Waals surface area (Å²) in [5, 5.41) is 10.5. The zero-order valence-corrected chi connectivity index (χ0v) is 12.8. The first-order chi connectivity index (χ1) is 11.4. The molecule has 0 spiro atoms. The topological polar surface area (TPSA) is 51.0 Å². The molecular formula is C17H14F3N3O. The van der Waals surface area contributed by atoms with E-state index in [4.69, 9.17) is 4.42 Å². The molecule has 1 N–H and O–H groups in total. The van der Waals surface area contributed by atoms with Gasteiger partial charge in [-0.3, -0.25) is 0 Å². The van der Waals surface area contributed by atoms with E-state index in [1.807, 2.05) is 31.2 Å². The normalized spacial score (nSPS) is 11.5. The van der Waals surface area contributed by atoms with Gasteiger partial charge in [0.25, 0.3) is 0 Å². The number of aromatic nitrogens is 2. The number of alkyl halides is 3. The van der Waals surface area contributed by atoms with Crippen molar-refractivity contribution in [3.8, 4) is 11.5 Å². The Morgan fingerprint density at radius 2 is 1.71 bits per heavy atom. The largest absolute Gasteiger partial charge is 0.419 e. The highest BCUT2D eigenvalue weighted by atomic mass is 19.4. The lowest BCUT2D eigenvalue weighted by Crippen LogP contribution is -2.10. The van der Waals surface area contributed by atoms with Crippen molar-refractivity contribution < 1.29 is 17.6 Å². The smallest absolute Gasteiger partial charge is 0.418 e. The summed E-state index contributed by atoms with van der Waals surface area (Å²) in [5.74, 6) is 0.540. The molecule has 24 heavy (non-hydrogen) atoms. The van der Waals surface area contributed by atoms with Crippen molar-refractivity contribution in [1.82, 2.24) is 10.2 Å². The van der Waals surface area contributed by atoms with Gasteiger partial charge in [0.1, 0.15) is 0 Å². The van der Waals surface area contributed by atoms with E-state index >= 15 is 0 Å². The van der Waals surface area contributed by atoms with E-state index in [1.165, 1.54) is 18.2 Å². The van der Waals surface area contributed by atoms with Crippen molar-refractivity contribution in [3.05, 3.63) is 65.5 Å². The number of benzene rings is 2. The van der Waals surface area contributed by atoms with Crippen LogP contribution in [0.1, 0.15) is 17.0 Å². The molecular weight excluding hydrogens is 319 g/mol. The quantitative estimate of drug-likeness (QED) is 0.753. The fraction of sp³-hybridized carbons (Fsp3) is 0.176. The Kier molecular flexibility index (Phi) is 4.24. The number of halogens is 3. The highest BCUT2D eigenvalue weighted by Crippen LogP contribution is 2.34. The average molecular weight is 333 g/mol. The van der Waals surface area contributed by atoms with Crippen molar-refractivity contribution in [2.45, 2.75) is 19.6 Å². The number of rotatable bonds is 4. The van der Waals surface area contributed by atoms with E-state index in [0.717, 1.165) is 17.2 Å². The first-order valence-electron chi connectivity index (χ1n) is 7.23. The van der Waals surface area contributed by atoms with E-state index in [1.54, 1.807) is 0 Å². The van der Waals surface area contributed by atoms with E-state index in [0.29, 0.717) is 5.89 Å². The van der Waals surface area contributed by atoms with Crippen molar-refractivity contribution >= 4 is 5.69 Å². The van der Waals surface area contributed by atoms with Gasteiger partial charge in [0.05, 0.1) is 12.1 Å². The Morgan fingerprint density at radius 1 is 1.00 bits per heavy atom. The van der Waals surface area contributed by atoms with E-state index in [2.05, 4.69) is 15.5 Å². The number of hydrogen-bond acceptors (Lipinski definition) is 4. The lowest BCUT2D eigenvalue weighted by Gasteiger charge is -2.13. The van der Waals surface area contributed by atoms with Gasteiger partial charge in [-0.05, 0) is 31.2 Å². The number of nitrogens with zero attached hydrogens (tertiary/aromatic N) is 2. The van der Waals surface area contributed by atoms with Crippen LogP contribution in [0.5, 0.6) is 0 Å². The molecule has 0 saturated heterocycles. The summed E-state index contributed by atoms with van der Waals surface area (Å²) in [6.45, 7) is 1.97. The van der Waals surface area contributed by atoms with E-state index in [9.17, 15) is 13.2 Å². The van der Waals surface area contributed by atoms with Gasteiger partial charge in [-0.2, -0.15) is 13.2 Å². The van der Waals surface area contributed by atoms with Crippen LogP contribution in [0.15, 0.2) is 52.9 Å². The molecule has 3 rings (SSSR count). The fourth-order valence-corrected chi connectivity index (χ4v) is 2.19. The summed E-state index contributed by atoms with van der Waals surface area (Å²) >= 11 is 0. The minimum absolute atomic E-state index is 0.00591. The molecule has 1 aromatic heterocycles. The van der Waals surface area contributed by atoms with Gasteiger partial charge < -0.3 is 9.73 Å². The second kappa shape index (κ2) is 6.35. The predicted octanol–water partition coefficient (Wildman–Crippen LogP) is 4.68. The predicted molar refractivity (Wildman–Crippen MR) is 83.2 cm³/mol. The van der Waals surface area contributed by atoms with Crippen molar-refractivity contribution in [2.75, 3.05) is 5.32 Å². The second-order valence-electron chi connectivity index (χ2n) is 5.26. The van der Waals surface area contributed by atoms with Crippen LogP contribution in [0.25, 0.3) is 11.5 Å². The molecule has 0 unspecified atom stereocenters. The van der Waals surface area contributed by atoms with Gasteiger partial charge in [0, 0.05) is 11.3 Å². The molecule has 0 aliphatic heterocycles. The lowest BCUT2D eigenvalue weighted by atomic mass is 10.1. The maximum Gasteiger partial charge on any atom is 0.418 e. The second-order valence-corrected chi connectivity index (χ2v) is 5.26. The van der Waals surface area contributed by atoms with Gasteiger partial charge in [0.15, 0.2) is 0 Å². The fourth-order valence-electron chi connectivity index (χ4n) is 2.19. The zero-order valence-electron chi connectivity index (χ0n) is 12.8. The summed E-state index contributed by atoms with van der Waals surface area (Å²) in [6, 6.07) is 12.8. The Balaban J connectivity index is 1.74.